The lowest BCUT2D eigenvalue weighted by atomic mass is 9.90. The van der Waals surface area contributed by atoms with Gasteiger partial charge in [-0.25, -0.2) is 14.4 Å². The predicted molar refractivity (Wildman–Crippen MR) is 109 cm³/mol. The van der Waals surface area contributed by atoms with Crippen LogP contribution in [0.15, 0.2) is 30.9 Å². The van der Waals surface area contributed by atoms with Crippen molar-refractivity contribution in [2.75, 3.05) is 24.7 Å². The van der Waals surface area contributed by atoms with Crippen molar-refractivity contribution < 1.29 is 9.13 Å². The van der Waals surface area contributed by atoms with E-state index in [4.69, 9.17) is 9.72 Å². The van der Waals surface area contributed by atoms with Gasteiger partial charge in [0.25, 0.3) is 0 Å². The Morgan fingerprint density at radius 3 is 3.00 bits per heavy atom. The zero-order valence-electron chi connectivity index (χ0n) is 16.4. The summed E-state index contributed by atoms with van der Waals surface area (Å²) in [6, 6.07) is 2.91. The molecule has 0 saturated carbocycles. The van der Waals surface area contributed by atoms with Crippen LogP contribution < -0.4 is 4.90 Å². The number of hydrogen-bond acceptors (Lipinski definition) is 10. The molecule has 0 aliphatic carbocycles. The van der Waals surface area contributed by atoms with E-state index in [2.05, 4.69) is 41.6 Å². The van der Waals surface area contributed by atoms with Gasteiger partial charge in [0.2, 0.25) is 0 Å². The van der Waals surface area contributed by atoms with E-state index in [1.807, 2.05) is 4.57 Å². The van der Waals surface area contributed by atoms with Crippen LogP contribution in [0.4, 0.5) is 10.2 Å². The Morgan fingerprint density at radius 1 is 1.23 bits per heavy atom. The fraction of sp³-hybridized carbons (Fsp3) is 0.316. The summed E-state index contributed by atoms with van der Waals surface area (Å²) in [5, 5.41) is 12.7. The van der Waals surface area contributed by atoms with Gasteiger partial charge < -0.3 is 9.64 Å². The van der Waals surface area contributed by atoms with E-state index >= 15 is 0 Å². The van der Waals surface area contributed by atoms with Crippen LogP contribution in [0.5, 0.6) is 0 Å². The second-order valence-electron chi connectivity index (χ2n) is 7.33. The van der Waals surface area contributed by atoms with Gasteiger partial charge in [0.15, 0.2) is 17.5 Å². The lowest BCUT2D eigenvalue weighted by Crippen LogP contribution is -2.58. The third-order valence-corrected chi connectivity index (χ3v) is 6.51. The fourth-order valence-corrected chi connectivity index (χ4v) is 4.84. The topological polar surface area (TPSA) is 108 Å². The summed E-state index contributed by atoms with van der Waals surface area (Å²) in [5.41, 5.74) is 1.41. The molecule has 10 nitrogen and oxygen atoms in total. The molecule has 156 valence electrons. The van der Waals surface area contributed by atoms with E-state index in [0.717, 1.165) is 29.9 Å². The molecule has 0 bridgehead atoms. The fourth-order valence-electron chi connectivity index (χ4n) is 4.23. The Bertz CT molecular complexity index is 1270. The van der Waals surface area contributed by atoms with Gasteiger partial charge in [0.1, 0.15) is 33.9 Å². The van der Waals surface area contributed by atoms with E-state index in [0.29, 0.717) is 41.8 Å². The predicted octanol–water partition coefficient (Wildman–Crippen LogP) is 2.23. The molecule has 0 unspecified atom stereocenters. The summed E-state index contributed by atoms with van der Waals surface area (Å²) in [6.07, 6.45) is 5.39. The van der Waals surface area contributed by atoms with Gasteiger partial charge in [-0.05, 0) is 30.1 Å². The summed E-state index contributed by atoms with van der Waals surface area (Å²) in [7, 11) is 0. The molecule has 6 heterocycles. The number of halogens is 1. The number of pyridine rings is 1. The quantitative estimate of drug-likeness (QED) is 0.477. The van der Waals surface area contributed by atoms with Crippen LogP contribution in [0.1, 0.15) is 19.2 Å². The molecule has 1 fully saturated rings. The van der Waals surface area contributed by atoms with Crippen molar-refractivity contribution in [3.63, 3.8) is 0 Å². The number of morpholine rings is 1. The zero-order chi connectivity index (χ0) is 21.0. The summed E-state index contributed by atoms with van der Waals surface area (Å²) in [6.45, 7) is 3.89. The Morgan fingerprint density at radius 2 is 2.16 bits per heavy atom. The highest BCUT2D eigenvalue weighted by Gasteiger charge is 2.49. The molecule has 0 radical (unpaired) electrons. The number of nitrogens with zero attached hydrogens (tertiary/aromatic N) is 9. The summed E-state index contributed by atoms with van der Waals surface area (Å²) < 4.78 is 25.2. The highest BCUT2D eigenvalue weighted by molar-refractivity contribution is 7.09. The van der Waals surface area contributed by atoms with E-state index < -0.39 is 11.4 Å². The van der Waals surface area contributed by atoms with Gasteiger partial charge in [-0.2, -0.15) is 0 Å². The average molecular weight is 437 g/mol. The minimum Gasteiger partial charge on any atom is -0.377 e. The number of ether oxygens (including phenoxy) is 1. The van der Waals surface area contributed by atoms with Crippen LogP contribution >= 0.6 is 11.5 Å². The molecular weight excluding hydrogens is 421 g/mol. The van der Waals surface area contributed by atoms with Crippen LogP contribution in [0.3, 0.4) is 0 Å². The van der Waals surface area contributed by atoms with Crippen molar-refractivity contribution in [2.24, 2.45) is 0 Å². The normalized spacial score (nSPS) is 19.6. The minimum atomic E-state index is -0.444. The maximum absolute atomic E-state index is 13.3. The molecule has 31 heavy (non-hydrogen) atoms. The molecule has 0 amide bonds. The van der Waals surface area contributed by atoms with E-state index in [-0.39, 0.29) is 0 Å². The van der Waals surface area contributed by atoms with E-state index in [1.165, 1.54) is 17.6 Å². The first-order valence-corrected chi connectivity index (χ1v) is 10.6. The third kappa shape index (κ3) is 2.61. The number of hydrogen-bond donors (Lipinski definition) is 0. The molecule has 2 aliphatic heterocycles. The SMILES string of the molecule is CC[C@]12COCCN1c1nc(-c3snnc3-c3ccc(F)cn3)ncc1-n1cnnc12. The number of anilines is 1. The molecule has 0 aromatic carbocycles. The molecule has 4 aromatic rings. The van der Waals surface area contributed by atoms with Crippen LogP contribution in [-0.2, 0) is 10.3 Å². The van der Waals surface area contributed by atoms with Crippen molar-refractivity contribution in [1.82, 2.24) is 39.3 Å². The number of fused-ring (bicyclic) bond motifs is 6. The van der Waals surface area contributed by atoms with Gasteiger partial charge in [0, 0.05) is 6.54 Å². The number of aromatic nitrogens is 8. The van der Waals surface area contributed by atoms with Gasteiger partial charge in [-0.3, -0.25) is 9.55 Å². The van der Waals surface area contributed by atoms with Crippen LogP contribution in [0.2, 0.25) is 0 Å². The standard InChI is InChI=1S/C19H16FN9OS/c1-2-19-9-30-6-5-29(19)17-13(28-10-23-26-18(19)28)8-22-16(24-17)15-14(25-27-31-15)12-4-3-11(20)7-21-12/h3-4,7-8,10H,2,5-6,9H2,1H3/t19-/m1/s1. The van der Waals surface area contributed by atoms with Gasteiger partial charge in [-0.1, -0.05) is 11.4 Å². The molecule has 1 saturated heterocycles. The highest BCUT2D eigenvalue weighted by atomic mass is 32.1. The zero-order valence-corrected chi connectivity index (χ0v) is 17.3. The van der Waals surface area contributed by atoms with Gasteiger partial charge >= 0.3 is 0 Å². The second-order valence-corrected chi connectivity index (χ2v) is 8.08. The van der Waals surface area contributed by atoms with Gasteiger partial charge in [-0.15, -0.1) is 15.3 Å². The molecule has 0 spiro atoms. The minimum absolute atomic E-state index is 0.411. The summed E-state index contributed by atoms with van der Waals surface area (Å²) in [4.78, 5) is 16.6. The van der Waals surface area contributed by atoms with E-state index in [9.17, 15) is 4.39 Å². The Balaban J connectivity index is 1.52. The van der Waals surface area contributed by atoms with Crippen molar-refractivity contribution in [3.8, 4) is 27.8 Å². The maximum Gasteiger partial charge on any atom is 0.175 e. The Hall–Kier alpha value is -3.38. The summed E-state index contributed by atoms with van der Waals surface area (Å²) in [5.74, 6) is 1.69. The van der Waals surface area contributed by atoms with Crippen LogP contribution in [-0.4, -0.2) is 59.1 Å². The highest BCUT2D eigenvalue weighted by Crippen LogP contribution is 2.44. The van der Waals surface area contributed by atoms with Crippen LogP contribution in [0, 0.1) is 5.82 Å². The largest absolute Gasteiger partial charge is 0.377 e. The first kappa shape index (κ1) is 18.4. The van der Waals surface area contributed by atoms with Crippen molar-refractivity contribution >= 4 is 17.4 Å². The Labute approximate surface area is 179 Å². The van der Waals surface area contributed by atoms with E-state index in [1.54, 1.807) is 18.6 Å². The van der Waals surface area contributed by atoms with Gasteiger partial charge in [0.05, 0.1) is 31.3 Å². The average Bonchev–Trinajstić information content (AvgIpc) is 3.50. The molecule has 2 aliphatic rings. The Kier molecular flexibility index (Phi) is 4.05. The molecule has 0 N–H and O–H groups in total. The molecular formula is C19H16FN9OS. The second kappa shape index (κ2) is 6.82. The van der Waals surface area contributed by atoms with Crippen molar-refractivity contribution in [1.29, 1.82) is 0 Å². The third-order valence-electron chi connectivity index (χ3n) is 5.79. The summed E-state index contributed by atoms with van der Waals surface area (Å²) >= 11 is 1.18. The monoisotopic (exact) mass is 437 g/mol. The maximum atomic E-state index is 13.3. The first-order chi connectivity index (χ1) is 15.2. The molecule has 4 aromatic heterocycles. The van der Waals surface area contributed by atoms with Crippen LogP contribution in [0.25, 0.3) is 27.8 Å². The lowest BCUT2D eigenvalue weighted by Gasteiger charge is -2.49. The first-order valence-electron chi connectivity index (χ1n) is 9.79. The molecule has 12 heteroatoms. The molecule has 1 atom stereocenters. The smallest absolute Gasteiger partial charge is 0.175 e. The lowest BCUT2D eigenvalue weighted by molar-refractivity contribution is 0.0391. The molecule has 6 rings (SSSR count). The van der Waals surface area contributed by atoms with Crippen molar-refractivity contribution in [3.05, 3.63) is 42.5 Å². The van der Waals surface area contributed by atoms with Crippen molar-refractivity contribution in [2.45, 2.75) is 18.9 Å². The number of rotatable bonds is 3.